The van der Waals surface area contributed by atoms with Crippen LogP contribution in [0, 0.1) is 17.8 Å². The first-order chi connectivity index (χ1) is 15.8. The van der Waals surface area contributed by atoms with Gasteiger partial charge in [-0.1, -0.05) is 51.3 Å². The first-order valence-electron chi connectivity index (χ1n) is 11.2. The molecule has 33 heavy (non-hydrogen) atoms. The van der Waals surface area contributed by atoms with Gasteiger partial charge in [0.1, 0.15) is 25.4 Å². The SMILES string of the molecule is C=CCOC(=O)C[C@H](CCC)NC(=O)[C@]1(NC(=O)OCC=C)CC[C@H]2[C@H](C(=O)OCC=C)[C@H]21. The van der Waals surface area contributed by atoms with E-state index in [9.17, 15) is 19.2 Å². The van der Waals surface area contributed by atoms with E-state index in [1.807, 2.05) is 6.92 Å². The van der Waals surface area contributed by atoms with E-state index in [2.05, 4.69) is 30.4 Å². The second kappa shape index (κ2) is 12.2. The second-order valence-corrected chi connectivity index (χ2v) is 8.29. The van der Waals surface area contributed by atoms with E-state index in [1.54, 1.807) is 0 Å². The van der Waals surface area contributed by atoms with Crippen molar-refractivity contribution in [3.63, 3.8) is 0 Å². The lowest BCUT2D eigenvalue weighted by atomic mass is 9.88. The van der Waals surface area contributed by atoms with Crippen LogP contribution in [0.1, 0.15) is 39.0 Å². The number of nitrogens with one attached hydrogen (secondary N) is 2. The Balaban J connectivity index is 2.19. The number of ether oxygens (including phenoxy) is 3. The Hall–Kier alpha value is -3.10. The smallest absolute Gasteiger partial charge is 0.408 e. The molecule has 0 heterocycles. The first-order valence-corrected chi connectivity index (χ1v) is 11.2. The van der Waals surface area contributed by atoms with Crippen LogP contribution < -0.4 is 10.6 Å². The molecule has 2 aliphatic carbocycles. The van der Waals surface area contributed by atoms with Gasteiger partial charge in [0, 0.05) is 12.0 Å². The maximum absolute atomic E-state index is 13.5. The molecule has 2 fully saturated rings. The van der Waals surface area contributed by atoms with Gasteiger partial charge in [-0.2, -0.15) is 0 Å². The van der Waals surface area contributed by atoms with Crippen LogP contribution in [0.4, 0.5) is 4.79 Å². The third-order valence-electron chi connectivity index (χ3n) is 6.04. The molecule has 2 amide bonds. The topological polar surface area (TPSA) is 120 Å². The van der Waals surface area contributed by atoms with Gasteiger partial charge >= 0.3 is 18.0 Å². The zero-order chi connectivity index (χ0) is 24.4. The summed E-state index contributed by atoms with van der Waals surface area (Å²) >= 11 is 0. The zero-order valence-electron chi connectivity index (χ0n) is 19.2. The average Bonchev–Trinajstić information content (AvgIpc) is 3.41. The summed E-state index contributed by atoms with van der Waals surface area (Å²) in [6.07, 6.45) is 5.78. The number of fused-ring (bicyclic) bond motifs is 1. The predicted octanol–water partition coefficient (Wildman–Crippen LogP) is 2.43. The quantitative estimate of drug-likeness (QED) is 0.231. The Kier molecular flexibility index (Phi) is 9.69. The molecule has 0 aromatic carbocycles. The van der Waals surface area contributed by atoms with Crippen molar-refractivity contribution in [2.24, 2.45) is 17.8 Å². The molecule has 0 saturated heterocycles. The Labute approximate surface area is 194 Å². The van der Waals surface area contributed by atoms with Crippen molar-refractivity contribution in [1.82, 2.24) is 10.6 Å². The molecule has 182 valence electrons. The third kappa shape index (κ3) is 6.46. The van der Waals surface area contributed by atoms with E-state index < -0.39 is 47.4 Å². The molecule has 0 unspecified atom stereocenters. The molecule has 2 aliphatic rings. The number of hydrogen-bond acceptors (Lipinski definition) is 7. The Morgan fingerprint density at radius 3 is 2.30 bits per heavy atom. The van der Waals surface area contributed by atoms with Crippen LogP contribution in [0.15, 0.2) is 38.0 Å². The molecule has 2 saturated carbocycles. The number of esters is 2. The number of carbonyl (C=O) groups excluding carboxylic acids is 4. The summed E-state index contributed by atoms with van der Waals surface area (Å²) in [6.45, 7) is 12.6. The summed E-state index contributed by atoms with van der Waals surface area (Å²) in [4.78, 5) is 50.5. The number of carbonyl (C=O) groups is 4. The summed E-state index contributed by atoms with van der Waals surface area (Å²) < 4.78 is 15.3. The maximum atomic E-state index is 13.5. The van der Waals surface area contributed by atoms with E-state index in [-0.39, 0.29) is 32.2 Å². The molecule has 0 bridgehead atoms. The van der Waals surface area contributed by atoms with E-state index in [1.165, 1.54) is 18.2 Å². The molecule has 9 nitrogen and oxygen atoms in total. The summed E-state index contributed by atoms with van der Waals surface area (Å²) in [5.41, 5.74) is -1.34. The van der Waals surface area contributed by atoms with Gasteiger partial charge in [0.25, 0.3) is 0 Å². The molecule has 0 aliphatic heterocycles. The van der Waals surface area contributed by atoms with Gasteiger partial charge in [-0.25, -0.2) is 4.79 Å². The highest BCUT2D eigenvalue weighted by Gasteiger charge is 2.72. The van der Waals surface area contributed by atoms with Crippen LogP contribution in [0.2, 0.25) is 0 Å². The van der Waals surface area contributed by atoms with Crippen LogP contribution in [0.25, 0.3) is 0 Å². The van der Waals surface area contributed by atoms with Crippen LogP contribution in [-0.4, -0.2) is 55.3 Å². The van der Waals surface area contributed by atoms with Gasteiger partial charge in [0.15, 0.2) is 0 Å². The summed E-state index contributed by atoms with van der Waals surface area (Å²) in [5.74, 6) is -2.30. The Bertz CT molecular complexity index is 781. The van der Waals surface area contributed by atoms with Crippen molar-refractivity contribution in [3.05, 3.63) is 38.0 Å². The van der Waals surface area contributed by atoms with Gasteiger partial charge in [-0.15, -0.1) is 0 Å². The minimum Gasteiger partial charge on any atom is -0.461 e. The van der Waals surface area contributed by atoms with Gasteiger partial charge < -0.3 is 24.8 Å². The molecule has 0 radical (unpaired) electrons. The van der Waals surface area contributed by atoms with Gasteiger partial charge in [-0.05, 0) is 25.2 Å². The fourth-order valence-electron chi connectivity index (χ4n) is 4.64. The predicted molar refractivity (Wildman–Crippen MR) is 121 cm³/mol. The van der Waals surface area contributed by atoms with Crippen LogP contribution in [0.5, 0.6) is 0 Å². The molecule has 2 rings (SSSR count). The number of alkyl carbamates (subject to hydrolysis) is 1. The molecule has 0 spiro atoms. The molecule has 5 atom stereocenters. The molecule has 0 aromatic heterocycles. The van der Waals surface area contributed by atoms with E-state index >= 15 is 0 Å². The second-order valence-electron chi connectivity index (χ2n) is 8.29. The Morgan fingerprint density at radius 1 is 1.03 bits per heavy atom. The normalized spacial score (nSPS) is 25.5. The molecular weight excluding hydrogens is 428 g/mol. The molecular formula is C24H34N2O7. The molecule has 2 N–H and O–H groups in total. The third-order valence-corrected chi connectivity index (χ3v) is 6.04. The van der Waals surface area contributed by atoms with E-state index in [4.69, 9.17) is 14.2 Å². The van der Waals surface area contributed by atoms with Crippen LogP contribution >= 0.6 is 0 Å². The number of rotatable bonds is 14. The van der Waals surface area contributed by atoms with Gasteiger partial charge in [0.2, 0.25) is 5.91 Å². The number of amides is 2. The van der Waals surface area contributed by atoms with E-state index in [0.29, 0.717) is 19.3 Å². The van der Waals surface area contributed by atoms with Gasteiger partial charge in [-0.3, -0.25) is 14.4 Å². The first kappa shape index (κ1) is 26.2. The highest BCUT2D eigenvalue weighted by molar-refractivity contribution is 5.94. The Morgan fingerprint density at radius 2 is 1.67 bits per heavy atom. The lowest BCUT2D eigenvalue weighted by Gasteiger charge is -2.33. The number of hydrogen-bond donors (Lipinski definition) is 2. The fraction of sp³-hybridized carbons (Fsp3) is 0.583. The highest BCUT2D eigenvalue weighted by atomic mass is 16.5. The van der Waals surface area contributed by atoms with Crippen molar-refractivity contribution in [1.29, 1.82) is 0 Å². The van der Waals surface area contributed by atoms with Crippen molar-refractivity contribution in [2.45, 2.75) is 50.6 Å². The lowest BCUT2D eigenvalue weighted by molar-refractivity contribution is -0.145. The van der Waals surface area contributed by atoms with Crippen molar-refractivity contribution < 1.29 is 33.4 Å². The fourth-order valence-corrected chi connectivity index (χ4v) is 4.64. The molecule has 0 aromatic rings. The van der Waals surface area contributed by atoms with Gasteiger partial charge in [0.05, 0.1) is 12.3 Å². The summed E-state index contributed by atoms with van der Waals surface area (Å²) in [6, 6.07) is -0.480. The largest absolute Gasteiger partial charge is 0.461 e. The monoisotopic (exact) mass is 462 g/mol. The lowest BCUT2D eigenvalue weighted by Crippen LogP contribution is -2.61. The standard InChI is InChI=1S/C24H34N2O7/c1-5-9-16(15-18(27)31-12-6-2)25-22(29)24(26-23(30)33-14-8-4)11-10-17-19(20(17)24)21(28)32-13-7-3/h6-8,16-17,19-20H,2-5,9-15H2,1H3,(H,25,29)(H,26,30)/t16-,17-,19-,20-,24-/m0/s1. The van der Waals surface area contributed by atoms with Crippen LogP contribution in [-0.2, 0) is 28.6 Å². The van der Waals surface area contributed by atoms with E-state index in [0.717, 1.165) is 6.42 Å². The molecule has 9 heteroatoms. The minimum atomic E-state index is -1.34. The summed E-state index contributed by atoms with van der Waals surface area (Å²) in [7, 11) is 0. The van der Waals surface area contributed by atoms with Crippen molar-refractivity contribution in [3.8, 4) is 0 Å². The highest BCUT2D eigenvalue weighted by Crippen LogP contribution is 2.62. The summed E-state index contributed by atoms with van der Waals surface area (Å²) in [5, 5.41) is 5.62. The minimum absolute atomic E-state index is 0.0106. The average molecular weight is 463 g/mol. The maximum Gasteiger partial charge on any atom is 0.408 e. The van der Waals surface area contributed by atoms with Crippen molar-refractivity contribution >= 4 is 23.9 Å². The van der Waals surface area contributed by atoms with Crippen molar-refractivity contribution in [2.75, 3.05) is 19.8 Å². The zero-order valence-corrected chi connectivity index (χ0v) is 19.2. The van der Waals surface area contributed by atoms with Crippen LogP contribution in [0.3, 0.4) is 0 Å².